The molecule has 3 atom stereocenters. The molecule has 0 aromatic heterocycles. The Morgan fingerprint density at radius 3 is 2.14 bits per heavy atom. The zero-order chi connectivity index (χ0) is 10.3. The van der Waals surface area contributed by atoms with Crippen molar-refractivity contribution in [1.82, 2.24) is 0 Å². The van der Waals surface area contributed by atoms with Crippen molar-refractivity contribution in [3.8, 4) is 0 Å². The van der Waals surface area contributed by atoms with Crippen LogP contribution in [0.25, 0.3) is 0 Å². The van der Waals surface area contributed by atoms with Crippen molar-refractivity contribution < 1.29 is 5.11 Å². The molecule has 0 aromatic rings. The normalized spacial score (nSPS) is 54.0. The molecule has 0 amide bonds. The van der Waals surface area contributed by atoms with E-state index in [1.54, 1.807) is 0 Å². The van der Waals surface area contributed by atoms with E-state index in [0.717, 1.165) is 30.6 Å². The fraction of sp³-hybridized carbons (Fsp3) is 1.00. The van der Waals surface area contributed by atoms with Crippen molar-refractivity contribution >= 4 is 0 Å². The summed E-state index contributed by atoms with van der Waals surface area (Å²) in [4.78, 5) is 0. The highest BCUT2D eigenvalue weighted by Gasteiger charge is 2.47. The Labute approximate surface area is 87.9 Å². The maximum absolute atomic E-state index is 10.4. The zero-order valence-electron chi connectivity index (χ0n) is 9.79. The van der Waals surface area contributed by atoms with Crippen molar-refractivity contribution in [2.24, 2.45) is 23.7 Å². The van der Waals surface area contributed by atoms with Gasteiger partial charge in [-0.05, 0) is 49.4 Å². The summed E-state index contributed by atoms with van der Waals surface area (Å²) in [5, 5.41) is 10.4. The molecule has 0 spiro atoms. The average Bonchev–Trinajstić information content (AvgIpc) is 2.07. The van der Waals surface area contributed by atoms with Crippen molar-refractivity contribution in [2.45, 2.75) is 58.5 Å². The number of aliphatic hydroxyl groups is 1. The molecule has 82 valence electrons. The molecule has 1 nitrogen and oxygen atoms in total. The van der Waals surface area contributed by atoms with Crippen LogP contribution in [0.2, 0.25) is 0 Å². The first-order valence-electron chi connectivity index (χ1n) is 6.23. The smallest absolute Gasteiger partial charge is 0.0681 e. The summed E-state index contributed by atoms with van der Waals surface area (Å²) in [5.74, 6) is 3.04. The predicted molar refractivity (Wildman–Crippen MR) is 59.0 cm³/mol. The third-order valence-electron chi connectivity index (χ3n) is 4.76. The van der Waals surface area contributed by atoms with Crippen LogP contribution in [0.1, 0.15) is 52.9 Å². The summed E-state index contributed by atoms with van der Waals surface area (Å²) in [6.45, 7) is 6.96. The van der Waals surface area contributed by atoms with E-state index < -0.39 is 0 Å². The molecule has 2 aliphatic rings. The first-order valence-corrected chi connectivity index (χ1v) is 6.23. The van der Waals surface area contributed by atoms with Gasteiger partial charge in [-0.1, -0.05) is 27.2 Å². The summed E-state index contributed by atoms with van der Waals surface area (Å²) < 4.78 is 0. The zero-order valence-corrected chi connectivity index (χ0v) is 9.79. The van der Waals surface area contributed by atoms with E-state index in [0.29, 0.717) is 5.92 Å². The van der Waals surface area contributed by atoms with Gasteiger partial charge < -0.3 is 5.11 Å². The molecule has 0 aromatic carbocycles. The van der Waals surface area contributed by atoms with E-state index in [1.165, 1.54) is 19.3 Å². The molecular weight excluding hydrogens is 172 g/mol. The second-order valence-corrected chi connectivity index (χ2v) is 6.08. The van der Waals surface area contributed by atoms with Crippen LogP contribution in [0.4, 0.5) is 0 Å². The molecule has 0 radical (unpaired) electrons. The van der Waals surface area contributed by atoms with Crippen molar-refractivity contribution in [1.29, 1.82) is 0 Å². The van der Waals surface area contributed by atoms with Gasteiger partial charge in [-0.15, -0.1) is 0 Å². The van der Waals surface area contributed by atoms with Gasteiger partial charge in [0.2, 0.25) is 0 Å². The molecule has 1 N–H and O–H groups in total. The predicted octanol–water partition coefficient (Wildman–Crippen LogP) is 3.22. The fourth-order valence-electron chi connectivity index (χ4n) is 3.52. The number of rotatable bonds is 1. The van der Waals surface area contributed by atoms with E-state index in [1.807, 2.05) is 0 Å². The van der Waals surface area contributed by atoms with Crippen LogP contribution in [-0.2, 0) is 0 Å². The van der Waals surface area contributed by atoms with E-state index in [-0.39, 0.29) is 5.60 Å². The van der Waals surface area contributed by atoms with E-state index in [9.17, 15) is 5.11 Å². The Bertz CT molecular complexity index is 205. The van der Waals surface area contributed by atoms with Gasteiger partial charge in [0.15, 0.2) is 0 Å². The maximum atomic E-state index is 10.4. The van der Waals surface area contributed by atoms with Crippen LogP contribution in [0.15, 0.2) is 0 Å². The van der Waals surface area contributed by atoms with Crippen LogP contribution in [0.3, 0.4) is 0 Å². The van der Waals surface area contributed by atoms with Crippen LogP contribution < -0.4 is 0 Å². The lowest BCUT2D eigenvalue weighted by molar-refractivity contribution is -0.129. The standard InChI is InChI=1S/C13H24O/c1-9-7-13(14,8-9)12-5-4-10(2)11(3)6-12/h9-12,14H,4-8H2,1-3H3. The van der Waals surface area contributed by atoms with Gasteiger partial charge in [-0.25, -0.2) is 0 Å². The Hall–Kier alpha value is -0.0400. The fourth-order valence-corrected chi connectivity index (χ4v) is 3.52. The molecule has 0 saturated heterocycles. The Kier molecular flexibility index (Phi) is 2.63. The molecule has 1 heteroatoms. The molecule has 2 fully saturated rings. The van der Waals surface area contributed by atoms with Gasteiger partial charge in [0, 0.05) is 0 Å². The molecule has 3 unspecified atom stereocenters. The van der Waals surface area contributed by atoms with Crippen molar-refractivity contribution in [3.05, 3.63) is 0 Å². The lowest BCUT2D eigenvalue weighted by Gasteiger charge is -2.50. The molecule has 2 rings (SSSR count). The summed E-state index contributed by atoms with van der Waals surface area (Å²) in [6.07, 6.45) is 5.94. The lowest BCUT2D eigenvalue weighted by atomic mass is 9.59. The summed E-state index contributed by atoms with van der Waals surface area (Å²) >= 11 is 0. The first-order chi connectivity index (χ1) is 6.51. The Morgan fingerprint density at radius 1 is 1.00 bits per heavy atom. The topological polar surface area (TPSA) is 20.2 Å². The monoisotopic (exact) mass is 196 g/mol. The molecule has 0 bridgehead atoms. The minimum Gasteiger partial charge on any atom is -0.390 e. The van der Waals surface area contributed by atoms with E-state index in [2.05, 4.69) is 20.8 Å². The molecule has 2 aliphatic carbocycles. The van der Waals surface area contributed by atoms with Crippen molar-refractivity contribution in [2.75, 3.05) is 0 Å². The molecule has 0 heterocycles. The highest BCUT2D eigenvalue weighted by molar-refractivity contribution is 4.99. The van der Waals surface area contributed by atoms with Gasteiger partial charge >= 0.3 is 0 Å². The van der Waals surface area contributed by atoms with E-state index in [4.69, 9.17) is 0 Å². The van der Waals surface area contributed by atoms with Gasteiger partial charge in [0.25, 0.3) is 0 Å². The van der Waals surface area contributed by atoms with Crippen LogP contribution in [0, 0.1) is 23.7 Å². The van der Waals surface area contributed by atoms with Crippen LogP contribution >= 0.6 is 0 Å². The Balaban J connectivity index is 1.93. The van der Waals surface area contributed by atoms with Crippen molar-refractivity contribution in [3.63, 3.8) is 0 Å². The van der Waals surface area contributed by atoms with Gasteiger partial charge in [-0.2, -0.15) is 0 Å². The molecule has 14 heavy (non-hydrogen) atoms. The minimum absolute atomic E-state index is 0.270. The van der Waals surface area contributed by atoms with Gasteiger partial charge in [-0.3, -0.25) is 0 Å². The van der Waals surface area contributed by atoms with E-state index >= 15 is 0 Å². The quantitative estimate of drug-likeness (QED) is 0.682. The number of hydrogen-bond acceptors (Lipinski definition) is 1. The summed E-state index contributed by atoms with van der Waals surface area (Å²) in [7, 11) is 0. The third-order valence-corrected chi connectivity index (χ3v) is 4.76. The summed E-state index contributed by atoms with van der Waals surface area (Å²) in [5.41, 5.74) is -0.270. The second-order valence-electron chi connectivity index (χ2n) is 6.08. The SMILES string of the molecule is CC1CC(O)(C2CCC(C)C(C)C2)C1. The highest BCUT2D eigenvalue weighted by atomic mass is 16.3. The first kappa shape index (κ1) is 10.5. The second kappa shape index (κ2) is 3.52. The third kappa shape index (κ3) is 1.71. The highest BCUT2D eigenvalue weighted by Crippen LogP contribution is 2.49. The maximum Gasteiger partial charge on any atom is 0.0681 e. The lowest BCUT2D eigenvalue weighted by Crippen LogP contribution is -2.50. The average molecular weight is 196 g/mol. The summed E-state index contributed by atoms with van der Waals surface area (Å²) in [6, 6.07) is 0. The molecule has 2 saturated carbocycles. The largest absolute Gasteiger partial charge is 0.390 e. The molecule has 0 aliphatic heterocycles. The molecular formula is C13H24O. The number of hydrogen-bond donors (Lipinski definition) is 1. The van der Waals surface area contributed by atoms with Gasteiger partial charge in [0.1, 0.15) is 0 Å². The Morgan fingerprint density at radius 2 is 1.64 bits per heavy atom. The van der Waals surface area contributed by atoms with Gasteiger partial charge in [0.05, 0.1) is 5.60 Å². The van der Waals surface area contributed by atoms with Crippen LogP contribution in [0.5, 0.6) is 0 Å². The minimum atomic E-state index is -0.270. The van der Waals surface area contributed by atoms with Crippen LogP contribution in [-0.4, -0.2) is 10.7 Å².